The summed E-state index contributed by atoms with van der Waals surface area (Å²) in [7, 11) is 0. The quantitative estimate of drug-likeness (QED) is 0.732. The summed E-state index contributed by atoms with van der Waals surface area (Å²) in [5, 5.41) is 5.14. The maximum absolute atomic E-state index is 4.85. The van der Waals surface area contributed by atoms with E-state index in [1.165, 1.54) is 29.4 Å². The van der Waals surface area contributed by atoms with E-state index in [2.05, 4.69) is 72.6 Å². The first kappa shape index (κ1) is 17.6. The van der Waals surface area contributed by atoms with E-state index in [0.29, 0.717) is 6.04 Å². The number of anilines is 1. The van der Waals surface area contributed by atoms with Gasteiger partial charge in [0.05, 0.1) is 11.2 Å². The lowest BCUT2D eigenvalue weighted by molar-refractivity contribution is 0.356. The van der Waals surface area contributed by atoms with Gasteiger partial charge in [-0.3, -0.25) is 0 Å². The van der Waals surface area contributed by atoms with Crippen LogP contribution in [0.3, 0.4) is 0 Å². The third-order valence-electron chi connectivity index (χ3n) is 6.36. The van der Waals surface area contributed by atoms with Crippen molar-refractivity contribution < 1.29 is 0 Å². The predicted molar refractivity (Wildman–Crippen MR) is 115 cm³/mol. The zero-order chi connectivity index (χ0) is 19.1. The number of benzene rings is 2. The van der Waals surface area contributed by atoms with Crippen LogP contribution in [0.25, 0.3) is 10.9 Å². The van der Waals surface area contributed by atoms with Crippen molar-refractivity contribution in [3.8, 4) is 0 Å². The zero-order valence-electron chi connectivity index (χ0n) is 16.8. The van der Waals surface area contributed by atoms with Gasteiger partial charge in [0.2, 0.25) is 5.95 Å². The third kappa shape index (κ3) is 3.26. The SMILES string of the molecule is Cc1ccc2nc(N3CCC(NC4(c5ccccc5)CC4)CC3)nc(C)c2c1. The van der Waals surface area contributed by atoms with Crippen LogP contribution < -0.4 is 10.2 Å². The van der Waals surface area contributed by atoms with Crippen molar-refractivity contribution >= 4 is 16.9 Å². The van der Waals surface area contributed by atoms with E-state index in [4.69, 9.17) is 9.97 Å². The van der Waals surface area contributed by atoms with Gasteiger partial charge in [-0.1, -0.05) is 42.0 Å². The summed E-state index contributed by atoms with van der Waals surface area (Å²) >= 11 is 0. The highest BCUT2D eigenvalue weighted by Gasteiger charge is 2.45. The average molecular weight is 373 g/mol. The Balaban J connectivity index is 1.28. The molecular formula is C24H28N4. The highest BCUT2D eigenvalue weighted by molar-refractivity contribution is 5.82. The van der Waals surface area contributed by atoms with Crippen LogP contribution in [0.5, 0.6) is 0 Å². The molecule has 0 unspecified atom stereocenters. The fourth-order valence-electron chi connectivity index (χ4n) is 4.53. The van der Waals surface area contributed by atoms with Crippen molar-refractivity contribution in [3.63, 3.8) is 0 Å². The summed E-state index contributed by atoms with van der Waals surface area (Å²) in [6.07, 6.45) is 4.79. The van der Waals surface area contributed by atoms with Gasteiger partial charge in [-0.05, 0) is 57.2 Å². The lowest BCUT2D eigenvalue weighted by atomic mass is 9.99. The molecule has 0 spiro atoms. The lowest BCUT2D eigenvalue weighted by Gasteiger charge is -2.35. The third-order valence-corrected chi connectivity index (χ3v) is 6.36. The molecule has 28 heavy (non-hydrogen) atoms. The van der Waals surface area contributed by atoms with Crippen LogP contribution in [0.1, 0.15) is 42.5 Å². The summed E-state index contributed by atoms with van der Waals surface area (Å²) in [4.78, 5) is 12.0. The summed E-state index contributed by atoms with van der Waals surface area (Å²) in [5.74, 6) is 0.886. The Labute approximate surface area is 167 Å². The van der Waals surface area contributed by atoms with Crippen LogP contribution in [0.15, 0.2) is 48.5 Å². The molecule has 0 amide bonds. The van der Waals surface area contributed by atoms with Crippen LogP contribution >= 0.6 is 0 Å². The number of hydrogen-bond donors (Lipinski definition) is 1. The first-order valence-electron chi connectivity index (χ1n) is 10.5. The monoisotopic (exact) mass is 372 g/mol. The van der Waals surface area contributed by atoms with Crippen LogP contribution in [0.2, 0.25) is 0 Å². The van der Waals surface area contributed by atoms with Crippen molar-refractivity contribution in [1.29, 1.82) is 0 Å². The summed E-state index contributed by atoms with van der Waals surface area (Å²) < 4.78 is 0. The fraction of sp³-hybridized carbons (Fsp3) is 0.417. The number of fused-ring (bicyclic) bond motifs is 1. The molecule has 2 heterocycles. The Morgan fingerprint density at radius 3 is 2.43 bits per heavy atom. The Morgan fingerprint density at radius 1 is 0.964 bits per heavy atom. The van der Waals surface area contributed by atoms with E-state index in [0.717, 1.165) is 43.1 Å². The summed E-state index contributed by atoms with van der Waals surface area (Å²) in [6, 6.07) is 17.9. The number of nitrogens with zero attached hydrogens (tertiary/aromatic N) is 3. The minimum absolute atomic E-state index is 0.224. The molecule has 2 fully saturated rings. The number of rotatable bonds is 4. The van der Waals surface area contributed by atoms with Crippen LogP contribution in [-0.2, 0) is 5.54 Å². The summed E-state index contributed by atoms with van der Waals surface area (Å²) in [5.41, 5.74) is 5.05. The van der Waals surface area contributed by atoms with Crippen molar-refractivity contribution in [3.05, 3.63) is 65.4 Å². The summed E-state index contributed by atoms with van der Waals surface area (Å²) in [6.45, 7) is 6.24. The molecule has 144 valence electrons. The van der Waals surface area contributed by atoms with E-state index in [1.54, 1.807) is 0 Å². The Hall–Kier alpha value is -2.46. The first-order valence-corrected chi connectivity index (χ1v) is 10.5. The number of aromatic nitrogens is 2. The Bertz CT molecular complexity index is 986. The average Bonchev–Trinajstić information content (AvgIpc) is 3.50. The molecule has 1 saturated carbocycles. The maximum atomic E-state index is 4.85. The van der Waals surface area contributed by atoms with Gasteiger partial charge < -0.3 is 10.2 Å². The van der Waals surface area contributed by atoms with E-state index in [9.17, 15) is 0 Å². The van der Waals surface area contributed by atoms with Gasteiger partial charge >= 0.3 is 0 Å². The molecule has 2 aromatic carbocycles. The van der Waals surface area contributed by atoms with Crippen LogP contribution in [0.4, 0.5) is 5.95 Å². The van der Waals surface area contributed by atoms with Crippen molar-refractivity contribution in [2.24, 2.45) is 0 Å². The number of aryl methyl sites for hydroxylation is 2. The molecule has 1 saturated heterocycles. The molecule has 5 rings (SSSR count). The molecule has 0 bridgehead atoms. The van der Waals surface area contributed by atoms with Gasteiger partial charge in [-0.2, -0.15) is 0 Å². The van der Waals surface area contributed by atoms with E-state index in [1.807, 2.05) is 0 Å². The molecule has 1 N–H and O–H groups in total. The maximum Gasteiger partial charge on any atom is 0.226 e. The first-order chi connectivity index (χ1) is 13.6. The molecule has 1 aliphatic carbocycles. The molecular weight excluding hydrogens is 344 g/mol. The number of hydrogen-bond acceptors (Lipinski definition) is 4. The minimum atomic E-state index is 0.224. The molecule has 1 aromatic heterocycles. The van der Waals surface area contributed by atoms with Crippen LogP contribution in [0, 0.1) is 13.8 Å². The van der Waals surface area contributed by atoms with Crippen molar-refractivity contribution in [1.82, 2.24) is 15.3 Å². The van der Waals surface area contributed by atoms with Crippen LogP contribution in [-0.4, -0.2) is 29.1 Å². The highest BCUT2D eigenvalue weighted by atomic mass is 15.3. The van der Waals surface area contributed by atoms with E-state index < -0.39 is 0 Å². The second kappa shape index (κ2) is 6.85. The largest absolute Gasteiger partial charge is 0.341 e. The standard InChI is InChI=1S/C24H28N4/c1-17-8-9-22-21(16-17)18(2)25-23(26-22)28-14-10-20(11-15-28)27-24(12-13-24)19-6-4-3-5-7-19/h3-9,16,20,27H,10-15H2,1-2H3. The van der Waals surface area contributed by atoms with Gasteiger partial charge in [-0.15, -0.1) is 0 Å². The normalized spacial score (nSPS) is 19.1. The molecule has 0 radical (unpaired) electrons. The number of piperidine rings is 1. The van der Waals surface area contributed by atoms with E-state index >= 15 is 0 Å². The predicted octanol–water partition coefficient (Wildman–Crippen LogP) is 4.49. The highest BCUT2D eigenvalue weighted by Crippen LogP contribution is 2.46. The Kier molecular flexibility index (Phi) is 4.31. The zero-order valence-corrected chi connectivity index (χ0v) is 16.8. The topological polar surface area (TPSA) is 41.1 Å². The van der Waals surface area contributed by atoms with Gasteiger partial charge in [0.25, 0.3) is 0 Å². The lowest BCUT2D eigenvalue weighted by Crippen LogP contribution is -2.46. The van der Waals surface area contributed by atoms with Crippen molar-refractivity contribution in [2.75, 3.05) is 18.0 Å². The molecule has 4 nitrogen and oxygen atoms in total. The van der Waals surface area contributed by atoms with Gasteiger partial charge in [-0.25, -0.2) is 9.97 Å². The molecule has 4 heteroatoms. The molecule has 2 aliphatic rings. The second-order valence-electron chi connectivity index (χ2n) is 8.48. The van der Waals surface area contributed by atoms with Gasteiger partial charge in [0.15, 0.2) is 0 Å². The fourth-order valence-corrected chi connectivity index (χ4v) is 4.53. The molecule has 0 atom stereocenters. The van der Waals surface area contributed by atoms with Gasteiger partial charge in [0.1, 0.15) is 0 Å². The smallest absolute Gasteiger partial charge is 0.226 e. The van der Waals surface area contributed by atoms with E-state index in [-0.39, 0.29) is 5.54 Å². The Morgan fingerprint density at radius 2 is 1.71 bits per heavy atom. The minimum Gasteiger partial charge on any atom is -0.341 e. The molecule has 3 aromatic rings. The second-order valence-corrected chi connectivity index (χ2v) is 8.48. The molecule has 1 aliphatic heterocycles. The van der Waals surface area contributed by atoms with Crippen molar-refractivity contribution in [2.45, 2.75) is 51.1 Å². The number of nitrogens with one attached hydrogen (secondary N) is 1. The van der Waals surface area contributed by atoms with Gasteiger partial charge in [0, 0.05) is 30.1 Å².